The first-order valence-corrected chi connectivity index (χ1v) is 4.45. The fourth-order valence-corrected chi connectivity index (χ4v) is 1.17. The van der Waals surface area contributed by atoms with Crippen LogP contribution in [0, 0.1) is 11.6 Å². The van der Waals surface area contributed by atoms with Gasteiger partial charge in [-0.15, -0.1) is 0 Å². The summed E-state index contributed by atoms with van der Waals surface area (Å²) in [5, 5.41) is 0. The van der Waals surface area contributed by atoms with Gasteiger partial charge in [-0.2, -0.15) is 0 Å². The summed E-state index contributed by atoms with van der Waals surface area (Å²) in [5.74, 6) is -3.58. The number of nitrogens with two attached hydrogens (primary N) is 2. The van der Waals surface area contributed by atoms with E-state index in [1.54, 1.807) is 0 Å². The van der Waals surface area contributed by atoms with Crippen LogP contribution in [0.15, 0.2) is 18.2 Å². The van der Waals surface area contributed by atoms with Gasteiger partial charge in [0.2, 0.25) is 5.91 Å². The largest absolute Gasteiger partial charge is 0.412 e. The number of hydrogen-bond acceptors (Lipinski definition) is 3. The molecular formula is C10H12F2N2O3. The van der Waals surface area contributed by atoms with Crippen molar-refractivity contribution in [3.8, 4) is 0 Å². The van der Waals surface area contributed by atoms with Crippen LogP contribution in [0.25, 0.3) is 0 Å². The second-order valence-electron chi connectivity index (χ2n) is 3.27. The second-order valence-corrected chi connectivity index (χ2v) is 3.27. The summed E-state index contributed by atoms with van der Waals surface area (Å²) in [7, 11) is 0. The van der Waals surface area contributed by atoms with Crippen molar-refractivity contribution < 1.29 is 23.8 Å². The average molecular weight is 246 g/mol. The van der Waals surface area contributed by atoms with E-state index < -0.39 is 29.4 Å². The van der Waals surface area contributed by atoms with Crippen LogP contribution in [0.3, 0.4) is 0 Å². The van der Waals surface area contributed by atoms with E-state index in [9.17, 15) is 18.4 Å². The van der Waals surface area contributed by atoms with Gasteiger partial charge in [-0.05, 0) is 18.2 Å². The van der Waals surface area contributed by atoms with Crippen LogP contribution < -0.4 is 11.5 Å². The maximum atomic E-state index is 12.8. The van der Waals surface area contributed by atoms with Crippen molar-refractivity contribution in [3.05, 3.63) is 35.4 Å². The molecule has 1 unspecified atom stereocenters. The van der Waals surface area contributed by atoms with E-state index in [4.69, 9.17) is 11.5 Å². The predicted octanol–water partition coefficient (Wildman–Crippen LogP) is -0.475. The molecule has 0 aromatic heterocycles. The van der Waals surface area contributed by atoms with Crippen molar-refractivity contribution in [2.75, 3.05) is 0 Å². The number of rotatable bonds is 4. The van der Waals surface area contributed by atoms with E-state index in [1.165, 1.54) is 0 Å². The fourth-order valence-electron chi connectivity index (χ4n) is 1.17. The minimum atomic E-state index is -1.14. The lowest BCUT2D eigenvalue weighted by atomic mass is 10.0. The molecule has 17 heavy (non-hydrogen) atoms. The third-order valence-corrected chi connectivity index (χ3v) is 1.96. The van der Waals surface area contributed by atoms with Crippen LogP contribution in [-0.4, -0.2) is 23.2 Å². The Morgan fingerprint density at radius 2 is 1.82 bits per heavy atom. The van der Waals surface area contributed by atoms with Crippen LogP contribution in [0.1, 0.15) is 16.8 Å². The quantitative estimate of drug-likeness (QED) is 0.699. The van der Waals surface area contributed by atoms with Crippen LogP contribution in [-0.2, 0) is 4.79 Å². The molecule has 0 aliphatic carbocycles. The summed E-state index contributed by atoms with van der Waals surface area (Å²) in [5.41, 5.74) is 10.1. The highest BCUT2D eigenvalue weighted by Gasteiger charge is 2.19. The zero-order valence-electron chi connectivity index (χ0n) is 8.74. The molecule has 94 valence electrons. The molecule has 0 aliphatic rings. The Balaban J connectivity index is 0.00000256. The van der Waals surface area contributed by atoms with Gasteiger partial charge < -0.3 is 16.9 Å². The first kappa shape index (κ1) is 15.1. The molecule has 0 fully saturated rings. The van der Waals surface area contributed by atoms with Crippen molar-refractivity contribution >= 4 is 11.7 Å². The molecule has 0 saturated heterocycles. The molecule has 1 amide bonds. The Morgan fingerprint density at radius 1 is 1.24 bits per heavy atom. The van der Waals surface area contributed by atoms with Crippen LogP contribution in [0.5, 0.6) is 0 Å². The lowest BCUT2D eigenvalue weighted by Gasteiger charge is -2.08. The van der Waals surface area contributed by atoms with Gasteiger partial charge in [0.15, 0.2) is 17.4 Å². The van der Waals surface area contributed by atoms with Gasteiger partial charge in [-0.3, -0.25) is 9.59 Å². The maximum absolute atomic E-state index is 12.8. The predicted molar refractivity (Wildman–Crippen MR) is 56.1 cm³/mol. The topological polar surface area (TPSA) is 118 Å². The van der Waals surface area contributed by atoms with Crippen LogP contribution in [0.4, 0.5) is 8.78 Å². The Hall–Kier alpha value is -1.86. The molecule has 1 aromatic carbocycles. The molecule has 6 N–H and O–H groups in total. The van der Waals surface area contributed by atoms with Crippen molar-refractivity contribution in [1.82, 2.24) is 0 Å². The third-order valence-electron chi connectivity index (χ3n) is 1.96. The maximum Gasteiger partial charge on any atom is 0.219 e. The summed E-state index contributed by atoms with van der Waals surface area (Å²) < 4.78 is 25.4. The molecule has 1 rings (SSSR count). The number of primary amides is 1. The Kier molecular flexibility index (Phi) is 5.36. The van der Waals surface area contributed by atoms with Gasteiger partial charge in [-0.1, -0.05) is 0 Å². The number of halogens is 2. The molecule has 7 heteroatoms. The second kappa shape index (κ2) is 6.02. The van der Waals surface area contributed by atoms with Crippen LogP contribution in [0.2, 0.25) is 0 Å². The molecule has 0 aliphatic heterocycles. The van der Waals surface area contributed by atoms with Crippen molar-refractivity contribution in [2.24, 2.45) is 11.5 Å². The summed E-state index contributed by atoms with van der Waals surface area (Å²) in [4.78, 5) is 22.0. The van der Waals surface area contributed by atoms with Gasteiger partial charge >= 0.3 is 0 Å². The lowest BCUT2D eigenvalue weighted by Crippen LogP contribution is -2.35. The number of amides is 1. The molecule has 0 radical (unpaired) electrons. The molecule has 1 aromatic rings. The number of carbonyl (C=O) groups is 2. The minimum absolute atomic E-state index is 0. The minimum Gasteiger partial charge on any atom is -0.412 e. The first-order valence-electron chi connectivity index (χ1n) is 4.45. The van der Waals surface area contributed by atoms with E-state index in [0.29, 0.717) is 0 Å². The zero-order chi connectivity index (χ0) is 12.3. The van der Waals surface area contributed by atoms with Gasteiger partial charge in [0, 0.05) is 12.0 Å². The molecule has 1 atom stereocenters. The van der Waals surface area contributed by atoms with Crippen LogP contribution >= 0.6 is 0 Å². The average Bonchev–Trinajstić information content (AvgIpc) is 2.20. The van der Waals surface area contributed by atoms with Gasteiger partial charge in [0.25, 0.3) is 0 Å². The highest BCUT2D eigenvalue weighted by molar-refractivity contribution is 6.01. The molecular weight excluding hydrogens is 234 g/mol. The van der Waals surface area contributed by atoms with E-state index in [0.717, 1.165) is 18.2 Å². The van der Waals surface area contributed by atoms with E-state index >= 15 is 0 Å². The number of Topliss-reactive ketones (excluding diaryl/α,β-unsaturated/α-hetero) is 1. The highest BCUT2D eigenvalue weighted by atomic mass is 19.2. The number of ketones is 1. The molecule has 0 heterocycles. The SMILES string of the molecule is NC(=O)CC(N)C(=O)c1ccc(F)c(F)c1.O. The number of benzene rings is 1. The Labute approximate surface area is 95.7 Å². The molecule has 0 saturated carbocycles. The molecule has 0 spiro atoms. The molecule has 0 bridgehead atoms. The van der Waals surface area contributed by atoms with Gasteiger partial charge in [-0.25, -0.2) is 8.78 Å². The Morgan fingerprint density at radius 3 is 2.29 bits per heavy atom. The Bertz CT molecular complexity index is 438. The highest BCUT2D eigenvalue weighted by Crippen LogP contribution is 2.11. The smallest absolute Gasteiger partial charge is 0.219 e. The lowest BCUT2D eigenvalue weighted by molar-refractivity contribution is -0.118. The summed E-state index contributed by atoms with van der Waals surface area (Å²) in [6, 6.07) is 1.52. The fraction of sp³-hybridized carbons (Fsp3) is 0.200. The summed E-state index contributed by atoms with van der Waals surface area (Å²) in [6.07, 6.45) is -0.335. The number of carbonyl (C=O) groups excluding carboxylic acids is 2. The molecule has 5 nitrogen and oxygen atoms in total. The number of hydrogen-bond donors (Lipinski definition) is 2. The van der Waals surface area contributed by atoms with Crippen molar-refractivity contribution in [2.45, 2.75) is 12.5 Å². The zero-order valence-corrected chi connectivity index (χ0v) is 8.74. The third kappa shape index (κ3) is 3.89. The van der Waals surface area contributed by atoms with Gasteiger partial charge in [0.05, 0.1) is 6.04 Å². The van der Waals surface area contributed by atoms with E-state index in [-0.39, 0.29) is 17.5 Å². The summed E-state index contributed by atoms with van der Waals surface area (Å²) in [6.45, 7) is 0. The monoisotopic (exact) mass is 246 g/mol. The van der Waals surface area contributed by atoms with Crippen molar-refractivity contribution in [1.29, 1.82) is 0 Å². The normalized spacial score (nSPS) is 11.5. The van der Waals surface area contributed by atoms with E-state index in [1.807, 2.05) is 0 Å². The standard InChI is InChI=1S/C10H10F2N2O2.H2O/c11-6-2-1-5(3-7(6)12)10(16)8(13)4-9(14)15;/h1-3,8H,4,13H2,(H2,14,15);1H2. The van der Waals surface area contributed by atoms with Gasteiger partial charge in [0.1, 0.15) is 0 Å². The van der Waals surface area contributed by atoms with Crippen molar-refractivity contribution in [3.63, 3.8) is 0 Å². The van der Waals surface area contributed by atoms with E-state index in [2.05, 4.69) is 0 Å². The summed E-state index contributed by atoms with van der Waals surface area (Å²) >= 11 is 0. The first-order chi connectivity index (χ1) is 7.41.